The standard InChI is InChI=1S/C12H20O/c1-5-11-6-9(2)10(3)7-12(11,4)8-13/h8,11H,5-7H2,1-4H3. The quantitative estimate of drug-likeness (QED) is 0.470. The Labute approximate surface area is 81.2 Å². The topological polar surface area (TPSA) is 17.1 Å². The SMILES string of the molecule is CCC1CC(C)=C(C)CC1(C)C=O. The molecule has 0 spiro atoms. The van der Waals surface area contributed by atoms with Gasteiger partial charge in [-0.1, -0.05) is 31.4 Å². The van der Waals surface area contributed by atoms with Gasteiger partial charge in [-0.3, -0.25) is 0 Å². The van der Waals surface area contributed by atoms with Gasteiger partial charge in [0.2, 0.25) is 0 Å². The van der Waals surface area contributed by atoms with E-state index < -0.39 is 0 Å². The van der Waals surface area contributed by atoms with Gasteiger partial charge in [0.05, 0.1) is 0 Å². The Morgan fingerprint density at radius 1 is 1.46 bits per heavy atom. The van der Waals surface area contributed by atoms with Crippen LogP contribution in [0.15, 0.2) is 11.1 Å². The highest BCUT2D eigenvalue weighted by molar-refractivity contribution is 5.61. The number of aldehydes is 1. The maximum atomic E-state index is 11.1. The Bertz CT molecular complexity index is 240. The van der Waals surface area contributed by atoms with E-state index in [2.05, 4.69) is 27.7 Å². The van der Waals surface area contributed by atoms with Crippen LogP contribution in [0.1, 0.15) is 47.0 Å². The Balaban J connectivity index is 2.94. The molecule has 2 atom stereocenters. The summed E-state index contributed by atoms with van der Waals surface area (Å²) in [7, 11) is 0. The van der Waals surface area contributed by atoms with Crippen LogP contribution in [0, 0.1) is 11.3 Å². The van der Waals surface area contributed by atoms with Crippen molar-refractivity contribution in [2.45, 2.75) is 47.0 Å². The summed E-state index contributed by atoms with van der Waals surface area (Å²) in [5, 5.41) is 0. The van der Waals surface area contributed by atoms with E-state index in [1.165, 1.54) is 11.1 Å². The minimum Gasteiger partial charge on any atom is -0.303 e. The van der Waals surface area contributed by atoms with Crippen LogP contribution in [0.5, 0.6) is 0 Å². The third kappa shape index (κ3) is 1.84. The minimum absolute atomic E-state index is 0.0989. The van der Waals surface area contributed by atoms with Gasteiger partial charge in [-0.15, -0.1) is 0 Å². The molecule has 1 heteroatoms. The summed E-state index contributed by atoms with van der Waals surface area (Å²) in [6, 6.07) is 0. The van der Waals surface area contributed by atoms with E-state index in [4.69, 9.17) is 0 Å². The van der Waals surface area contributed by atoms with Crippen molar-refractivity contribution in [3.8, 4) is 0 Å². The normalized spacial score (nSPS) is 34.9. The van der Waals surface area contributed by atoms with Crippen molar-refractivity contribution in [3.05, 3.63) is 11.1 Å². The van der Waals surface area contributed by atoms with Crippen LogP contribution >= 0.6 is 0 Å². The molecular formula is C12H20O. The van der Waals surface area contributed by atoms with Gasteiger partial charge < -0.3 is 4.79 Å². The molecule has 0 aliphatic heterocycles. The van der Waals surface area contributed by atoms with E-state index in [0.717, 1.165) is 25.5 Å². The van der Waals surface area contributed by atoms with Gasteiger partial charge in [0, 0.05) is 5.41 Å². The van der Waals surface area contributed by atoms with E-state index in [9.17, 15) is 4.79 Å². The van der Waals surface area contributed by atoms with Crippen molar-refractivity contribution < 1.29 is 4.79 Å². The molecule has 13 heavy (non-hydrogen) atoms. The van der Waals surface area contributed by atoms with Gasteiger partial charge >= 0.3 is 0 Å². The number of hydrogen-bond donors (Lipinski definition) is 0. The van der Waals surface area contributed by atoms with Crippen molar-refractivity contribution in [3.63, 3.8) is 0 Å². The molecule has 74 valence electrons. The average molecular weight is 180 g/mol. The summed E-state index contributed by atoms with van der Waals surface area (Å²) in [6.45, 7) is 8.63. The first-order valence-corrected chi connectivity index (χ1v) is 5.15. The highest BCUT2D eigenvalue weighted by Gasteiger charge is 2.36. The second kappa shape index (κ2) is 3.65. The molecule has 0 heterocycles. The van der Waals surface area contributed by atoms with Crippen LogP contribution in [0.25, 0.3) is 0 Å². The average Bonchev–Trinajstić information content (AvgIpc) is 2.11. The lowest BCUT2D eigenvalue weighted by molar-refractivity contribution is -0.118. The molecule has 0 fully saturated rings. The zero-order chi connectivity index (χ0) is 10.1. The molecule has 1 aliphatic carbocycles. The van der Waals surface area contributed by atoms with E-state index in [1.54, 1.807) is 0 Å². The Morgan fingerprint density at radius 3 is 2.54 bits per heavy atom. The number of hydrogen-bond acceptors (Lipinski definition) is 1. The summed E-state index contributed by atoms with van der Waals surface area (Å²) < 4.78 is 0. The molecule has 0 saturated carbocycles. The minimum atomic E-state index is -0.0989. The van der Waals surface area contributed by atoms with Gasteiger partial charge in [-0.25, -0.2) is 0 Å². The summed E-state index contributed by atoms with van der Waals surface area (Å²) in [6.07, 6.45) is 4.34. The van der Waals surface area contributed by atoms with Crippen LogP contribution < -0.4 is 0 Å². The lowest BCUT2D eigenvalue weighted by Gasteiger charge is -2.37. The summed E-state index contributed by atoms with van der Waals surface area (Å²) in [4.78, 5) is 11.1. The summed E-state index contributed by atoms with van der Waals surface area (Å²) >= 11 is 0. The highest BCUT2D eigenvalue weighted by Crippen LogP contribution is 2.43. The van der Waals surface area contributed by atoms with Crippen molar-refractivity contribution in [1.29, 1.82) is 0 Å². The third-order valence-electron chi connectivity index (χ3n) is 3.62. The van der Waals surface area contributed by atoms with Crippen molar-refractivity contribution in [1.82, 2.24) is 0 Å². The van der Waals surface area contributed by atoms with Crippen LogP contribution in [-0.4, -0.2) is 6.29 Å². The fourth-order valence-electron chi connectivity index (χ4n) is 2.39. The number of allylic oxidation sites excluding steroid dienone is 2. The fraction of sp³-hybridized carbons (Fsp3) is 0.750. The highest BCUT2D eigenvalue weighted by atomic mass is 16.1. The molecule has 1 nitrogen and oxygen atoms in total. The first-order chi connectivity index (χ1) is 6.03. The van der Waals surface area contributed by atoms with E-state index >= 15 is 0 Å². The lowest BCUT2D eigenvalue weighted by atomic mass is 9.66. The van der Waals surface area contributed by atoms with Crippen molar-refractivity contribution in [2.75, 3.05) is 0 Å². The van der Waals surface area contributed by atoms with E-state index in [-0.39, 0.29) is 5.41 Å². The molecule has 0 radical (unpaired) electrons. The molecule has 0 aromatic heterocycles. The predicted molar refractivity (Wildman–Crippen MR) is 55.6 cm³/mol. The largest absolute Gasteiger partial charge is 0.303 e. The molecule has 0 aromatic carbocycles. The number of carbonyl (C=O) groups excluding carboxylic acids is 1. The summed E-state index contributed by atoms with van der Waals surface area (Å²) in [5.41, 5.74) is 2.81. The van der Waals surface area contributed by atoms with Gasteiger partial charge in [0.1, 0.15) is 6.29 Å². The van der Waals surface area contributed by atoms with Crippen molar-refractivity contribution >= 4 is 6.29 Å². The maximum Gasteiger partial charge on any atom is 0.126 e. The molecule has 0 aromatic rings. The summed E-state index contributed by atoms with van der Waals surface area (Å²) in [5.74, 6) is 0.550. The number of carbonyl (C=O) groups is 1. The molecule has 0 amide bonds. The Hall–Kier alpha value is -0.590. The molecule has 0 saturated heterocycles. The van der Waals surface area contributed by atoms with Crippen molar-refractivity contribution in [2.24, 2.45) is 11.3 Å². The molecule has 2 unspecified atom stereocenters. The third-order valence-corrected chi connectivity index (χ3v) is 3.62. The smallest absolute Gasteiger partial charge is 0.126 e. The Morgan fingerprint density at radius 2 is 2.08 bits per heavy atom. The first-order valence-electron chi connectivity index (χ1n) is 5.15. The van der Waals surface area contributed by atoms with Crippen LogP contribution in [0.3, 0.4) is 0 Å². The predicted octanol–water partition coefficient (Wildman–Crippen LogP) is 3.35. The number of rotatable bonds is 2. The Kier molecular flexibility index (Phi) is 2.94. The first kappa shape index (κ1) is 10.5. The van der Waals surface area contributed by atoms with E-state index in [0.29, 0.717) is 5.92 Å². The zero-order valence-corrected chi connectivity index (χ0v) is 9.18. The lowest BCUT2D eigenvalue weighted by Crippen LogP contribution is -2.32. The molecule has 0 N–H and O–H groups in total. The van der Waals surface area contributed by atoms with Crippen LogP contribution in [-0.2, 0) is 4.79 Å². The van der Waals surface area contributed by atoms with Gasteiger partial charge in [-0.05, 0) is 32.6 Å². The van der Waals surface area contributed by atoms with Gasteiger partial charge in [0.15, 0.2) is 0 Å². The molecule has 1 aliphatic rings. The maximum absolute atomic E-state index is 11.1. The fourth-order valence-corrected chi connectivity index (χ4v) is 2.39. The van der Waals surface area contributed by atoms with Gasteiger partial charge in [0.25, 0.3) is 0 Å². The molecule has 1 rings (SSSR count). The molecular weight excluding hydrogens is 160 g/mol. The zero-order valence-electron chi connectivity index (χ0n) is 9.18. The van der Waals surface area contributed by atoms with Gasteiger partial charge in [-0.2, -0.15) is 0 Å². The molecule has 0 bridgehead atoms. The van der Waals surface area contributed by atoms with E-state index in [1.807, 2.05) is 0 Å². The second-order valence-electron chi connectivity index (χ2n) is 4.67. The monoisotopic (exact) mass is 180 g/mol. The second-order valence-corrected chi connectivity index (χ2v) is 4.67. The van der Waals surface area contributed by atoms with Crippen LogP contribution in [0.4, 0.5) is 0 Å². The van der Waals surface area contributed by atoms with Crippen LogP contribution in [0.2, 0.25) is 0 Å².